The number of nitrogens with two attached hydrogens (primary N) is 1. The summed E-state index contributed by atoms with van der Waals surface area (Å²) in [6.45, 7) is 3.91. The smallest absolute Gasteiger partial charge is 0.132 e. The standard InChI is InChI=1S/C12H17ClFNO/c1-12(2,15)6-8-4-10(13)5-9(7-16-3)11(8)14/h4-5H,6-7,15H2,1-3H3. The van der Waals surface area contributed by atoms with Crippen LogP contribution in [0.5, 0.6) is 0 Å². The lowest BCUT2D eigenvalue weighted by atomic mass is 9.94. The van der Waals surface area contributed by atoms with Crippen molar-refractivity contribution in [3.05, 3.63) is 34.1 Å². The Kier molecular flexibility index (Phi) is 4.30. The topological polar surface area (TPSA) is 35.2 Å². The maximum absolute atomic E-state index is 14.0. The van der Waals surface area contributed by atoms with E-state index >= 15 is 0 Å². The summed E-state index contributed by atoms with van der Waals surface area (Å²) in [6, 6.07) is 3.19. The lowest BCUT2D eigenvalue weighted by Crippen LogP contribution is -2.34. The zero-order chi connectivity index (χ0) is 12.3. The Morgan fingerprint density at radius 3 is 2.44 bits per heavy atom. The predicted octanol–water partition coefficient (Wildman–Crippen LogP) is 2.91. The van der Waals surface area contributed by atoms with Gasteiger partial charge >= 0.3 is 0 Å². The fourth-order valence-electron chi connectivity index (χ4n) is 1.59. The molecule has 0 aliphatic rings. The van der Waals surface area contributed by atoms with Crippen molar-refractivity contribution in [2.24, 2.45) is 5.73 Å². The fraction of sp³-hybridized carbons (Fsp3) is 0.500. The van der Waals surface area contributed by atoms with Crippen molar-refractivity contribution in [3.63, 3.8) is 0 Å². The van der Waals surface area contributed by atoms with Gasteiger partial charge in [0.1, 0.15) is 5.82 Å². The number of benzene rings is 1. The highest BCUT2D eigenvalue weighted by Crippen LogP contribution is 2.23. The molecule has 2 nitrogen and oxygen atoms in total. The molecule has 0 spiro atoms. The highest BCUT2D eigenvalue weighted by Gasteiger charge is 2.17. The van der Waals surface area contributed by atoms with Gasteiger partial charge in [-0.25, -0.2) is 4.39 Å². The van der Waals surface area contributed by atoms with Crippen LogP contribution in [0.15, 0.2) is 12.1 Å². The van der Waals surface area contributed by atoms with Crippen molar-refractivity contribution in [2.75, 3.05) is 7.11 Å². The Morgan fingerprint density at radius 2 is 1.94 bits per heavy atom. The van der Waals surface area contributed by atoms with Gasteiger partial charge in [0, 0.05) is 23.2 Å². The number of hydrogen-bond donors (Lipinski definition) is 1. The van der Waals surface area contributed by atoms with E-state index < -0.39 is 5.54 Å². The molecule has 90 valence electrons. The zero-order valence-electron chi connectivity index (χ0n) is 9.81. The Morgan fingerprint density at radius 1 is 1.38 bits per heavy atom. The second kappa shape index (κ2) is 5.13. The summed E-state index contributed by atoms with van der Waals surface area (Å²) in [7, 11) is 1.52. The molecule has 16 heavy (non-hydrogen) atoms. The SMILES string of the molecule is COCc1cc(Cl)cc(CC(C)(C)N)c1F. The van der Waals surface area contributed by atoms with Crippen LogP contribution >= 0.6 is 11.6 Å². The van der Waals surface area contributed by atoms with Crippen LogP contribution in [0, 0.1) is 5.82 Å². The molecule has 0 aliphatic carbocycles. The fourth-order valence-corrected chi connectivity index (χ4v) is 1.85. The molecular formula is C12H17ClFNO. The molecule has 0 heterocycles. The molecule has 1 aromatic carbocycles. The van der Waals surface area contributed by atoms with E-state index in [9.17, 15) is 4.39 Å². The van der Waals surface area contributed by atoms with Crippen molar-refractivity contribution in [2.45, 2.75) is 32.4 Å². The van der Waals surface area contributed by atoms with Crippen molar-refractivity contribution >= 4 is 11.6 Å². The normalized spacial score (nSPS) is 11.9. The quantitative estimate of drug-likeness (QED) is 0.885. The van der Waals surface area contributed by atoms with Gasteiger partial charge in [0.2, 0.25) is 0 Å². The van der Waals surface area contributed by atoms with Gasteiger partial charge in [-0.1, -0.05) is 11.6 Å². The van der Waals surface area contributed by atoms with E-state index in [4.69, 9.17) is 22.1 Å². The van der Waals surface area contributed by atoms with Crippen LogP contribution in [-0.4, -0.2) is 12.6 Å². The molecule has 0 unspecified atom stereocenters. The molecular weight excluding hydrogens is 229 g/mol. The molecule has 0 aromatic heterocycles. The molecule has 0 radical (unpaired) electrons. The minimum Gasteiger partial charge on any atom is -0.380 e. The van der Waals surface area contributed by atoms with Gasteiger partial charge in [0.25, 0.3) is 0 Å². The Balaban J connectivity index is 3.09. The number of ether oxygens (including phenoxy) is 1. The average Bonchev–Trinajstić information content (AvgIpc) is 2.11. The van der Waals surface area contributed by atoms with Crippen LogP contribution in [-0.2, 0) is 17.8 Å². The minimum absolute atomic E-state index is 0.213. The van der Waals surface area contributed by atoms with Gasteiger partial charge in [-0.15, -0.1) is 0 Å². The van der Waals surface area contributed by atoms with Crippen molar-refractivity contribution in [1.82, 2.24) is 0 Å². The summed E-state index contributed by atoms with van der Waals surface area (Å²) < 4.78 is 18.9. The van der Waals surface area contributed by atoms with Crippen molar-refractivity contribution in [3.8, 4) is 0 Å². The van der Waals surface area contributed by atoms with Gasteiger partial charge in [-0.05, 0) is 38.0 Å². The second-order valence-corrected chi connectivity index (χ2v) is 5.07. The summed E-state index contributed by atoms with van der Waals surface area (Å²) in [5.74, 6) is -0.273. The van der Waals surface area contributed by atoms with E-state index in [-0.39, 0.29) is 12.4 Å². The van der Waals surface area contributed by atoms with Crippen LogP contribution in [0.3, 0.4) is 0 Å². The van der Waals surface area contributed by atoms with Gasteiger partial charge in [-0.3, -0.25) is 0 Å². The molecule has 2 N–H and O–H groups in total. The molecule has 1 rings (SSSR count). The summed E-state index contributed by atoms with van der Waals surface area (Å²) >= 11 is 5.92. The number of hydrogen-bond acceptors (Lipinski definition) is 2. The first kappa shape index (κ1) is 13.4. The largest absolute Gasteiger partial charge is 0.380 e. The van der Waals surface area contributed by atoms with E-state index in [1.54, 1.807) is 12.1 Å². The number of rotatable bonds is 4. The number of methoxy groups -OCH3 is 1. The van der Waals surface area contributed by atoms with Crippen LogP contribution in [0.4, 0.5) is 4.39 Å². The van der Waals surface area contributed by atoms with E-state index in [1.807, 2.05) is 13.8 Å². The summed E-state index contributed by atoms with van der Waals surface area (Å²) in [6.07, 6.45) is 0.441. The molecule has 0 atom stereocenters. The third kappa shape index (κ3) is 3.74. The highest BCUT2D eigenvalue weighted by atomic mass is 35.5. The Labute approximate surface area is 101 Å². The molecule has 0 bridgehead atoms. The summed E-state index contributed by atoms with van der Waals surface area (Å²) in [5, 5.41) is 0.507. The maximum atomic E-state index is 14.0. The van der Waals surface area contributed by atoms with Gasteiger partial charge < -0.3 is 10.5 Å². The third-order valence-corrected chi connectivity index (χ3v) is 2.35. The second-order valence-electron chi connectivity index (χ2n) is 4.64. The maximum Gasteiger partial charge on any atom is 0.132 e. The Hall–Kier alpha value is -0.640. The van der Waals surface area contributed by atoms with E-state index in [0.717, 1.165) is 0 Å². The summed E-state index contributed by atoms with van der Waals surface area (Å²) in [5.41, 5.74) is 6.41. The first-order valence-electron chi connectivity index (χ1n) is 5.08. The molecule has 0 aliphatic heterocycles. The van der Waals surface area contributed by atoms with Crippen LogP contribution in [0.1, 0.15) is 25.0 Å². The molecule has 0 fully saturated rings. The molecule has 4 heteroatoms. The van der Waals surface area contributed by atoms with Gasteiger partial charge in [0.05, 0.1) is 6.61 Å². The molecule has 0 amide bonds. The van der Waals surface area contributed by atoms with E-state index in [2.05, 4.69) is 0 Å². The van der Waals surface area contributed by atoms with Crippen molar-refractivity contribution < 1.29 is 9.13 Å². The minimum atomic E-state index is -0.462. The average molecular weight is 246 g/mol. The van der Waals surface area contributed by atoms with Crippen LogP contribution < -0.4 is 5.73 Å². The lowest BCUT2D eigenvalue weighted by molar-refractivity contribution is 0.181. The van der Waals surface area contributed by atoms with Gasteiger partial charge in [-0.2, -0.15) is 0 Å². The zero-order valence-corrected chi connectivity index (χ0v) is 10.6. The first-order valence-corrected chi connectivity index (χ1v) is 5.46. The van der Waals surface area contributed by atoms with Gasteiger partial charge in [0.15, 0.2) is 0 Å². The molecule has 0 saturated carbocycles. The first-order chi connectivity index (χ1) is 7.33. The van der Waals surface area contributed by atoms with Crippen LogP contribution in [0.2, 0.25) is 5.02 Å². The molecule has 0 saturated heterocycles. The number of halogens is 2. The predicted molar refractivity (Wildman–Crippen MR) is 64.1 cm³/mol. The third-order valence-electron chi connectivity index (χ3n) is 2.13. The summed E-state index contributed by atoms with van der Waals surface area (Å²) in [4.78, 5) is 0. The molecule has 1 aromatic rings. The van der Waals surface area contributed by atoms with E-state index in [0.29, 0.717) is 22.6 Å². The van der Waals surface area contributed by atoms with E-state index in [1.165, 1.54) is 7.11 Å². The highest BCUT2D eigenvalue weighted by molar-refractivity contribution is 6.30. The lowest BCUT2D eigenvalue weighted by Gasteiger charge is -2.19. The van der Waals surface area contributed by atoms with Crippen LogP contribution in [0.25, 0.3) is 0 Å². The monoisotopic (exact) mass is 245 g/mol. The van der Waals surface area contributed by atoms with Crippen molar-refractivity contribution in [1.29, 1.82) is 0 Å². The Bertz CT molecular complexity index is 374.